The van der Waals surface area contributed by atoms with Crippen molar-refractivity contribution in [1.29, 1.82) is 0 Å². The first kappa shape index (κ1) is 12.9. The van der Waals surface area contributed by atoms with Crippen LogP contribution >= 0.6 is 12.4 Å². The molecule has 2 rings (SSSR count). The second kappa shape index (κ2) is 5.23. The van der Waals surface area contributed by atoms with Crippen molar-refractivity contribution in [2.24, 2.45) is 0 Å². The number of hydrogen-bond acceptors (Lipinski definition) is 3. The lowest BCUT2D eigenvalue weighted by atomic mass is 10.0. The van der Waals surface area contributed by atoms with Gasteiger partial charge in [-0.05, 0) is 25.5 Å². The van der Waals surface area contributed by atoms with Crippen molar-refractivity contribution < 1.29 is 9.31 Å². The molecule has 1 aromatic rings. The van der Waals surface area contributed by atoms with Gasteiger partial charge < -0.3 is 5.32 Å². The molecule has 1 atom stereocenters. The summed E-state index contributed by atoms with van der Waals surface area (Å²) in [7, 11) is 0. The molecule has 1 aliphatic heterocycles. The van der Waals surface area contributed by atoms with Gasteiger partial charge in [-0.2, -0.15) is 0 Å². The molecular formula is C10H12ClFN2O2. The highest BCUT2D eigenvalue weighted by Gasteiger charge is 2.21. The zero-order chi connectivity index (χ0) is 10.8. The third-order valence-electron chi connectivity index (χ3n) is 2.63. The summed E-state index contributed by atoms with van der Waals surface area (Å²) in [6.45, 7) is 0.840. The van der Waals surface area contributed by atoms with E-state index in [1.807, 2.05) is 0 Å². The van der Waals surface area contributed by atoms with Crippen LogP contribution in [0.4, 0.5) is 10.1 Å². The molecule has 4 nitrogen and oxygen atoms in total. The Bertz CT molecular complexity index is 394. The van der Waals surface area contributed by atoms with Gasteiger partial charge in [-0.3, -0.25) is 10.1 Å². The van der Waals surface area contributed by atoms with Crippen LogP contribution in [0.15, 0.2) is 18.2 Å². The molecule has 1 fully saturated rings. The zero-order valence-corrected chi connectivity index (χ0v) is 9.30. The standard InChI is InChI=1S/C10H11FN2O2.ClH/c11-9-4-3-7(13(14)15)6-8(9)10-2-1-5-12-10;/h3-4,6,10,12H,1-2,5H2;1H/t10-;/m0./s1. The maximum absolute atomic E-state index is 13.4. The molecule has 0 bridgehead atoms. The van der Waals surface area contributed by atoms with Crippen molar-refractivity contribution >= 4 is 18.1 Å². The largest absolute Gasteiger partial charge is 0.310 e. The van der Waals surface area contributed by atoms with Gasteiger partial charge in [0.05, 0.1) is 4.92 Å². The fraction of sp³-hybridized carbons (Fsp3) is 0.400. The predicted octanol–water partition coefficient (Wildman–Crippen LogP) is 2.58. The van der Waals surface area contributed by atoms with Crippen molar-refractivity contribution in [2.45, 2.75) is 18.9 Å². The Morgan fingerprint density at radius 1 is 1.50 bits per heavy atom. The van der Waals surface area contributed by atoms with E-state index >= 15 is 0 Å². The fourth-order valence-corrected chi connectivity index (χ4v) is 1.86. The molecule has 88 valence electrons. The van der Waals surface area contributed by atoms with E-state index in [1.54, 1.807) is 0 Å². The number of nitrogens with one attached hydrogen (secondary N) is 1. The molecule has 1 heterocycles. The van der Waals surface area contributed by atoms with Crippen LogP contribution in [0.5, 0.6) is 0 Å². The second-order valence-electron chi connectivity index (χ2n) is 3.61. The number of rotatable bonds is 2. The molecule has 0 aromatic heterocycles. The minimum absolute atomic E-state index is 0. The average Bonchev–Trinajstić information content (AvgIpc) is 2.71. The summed E-state index contributed by atoms with van der Waals surface area (Å²) in [5.74, 6) is -0.375. The van der Waals surface area contributed by atoms with Crippen LogP contribution in [-0.4, -0.2) is 11.5 Å². The SMILES string of the molecule is Cl.O=[N+]([O-])c1ccc(F)c([C@@H]2CCCN2)c1. The summed E-state index contributed by atoms with van der Waals surface area (Å²) in [5, 5.41) is 13.7. The number of nitro groups is 1. The summed E-state index contributed by atoms with van der Waals surface area (Å²) in [6.07, 6.45) is 1.81. The van der Waals surface area contributed by atoms with Gasteiger partial charge in [0.25, 0.3) is 5.69 Å². The van der Waals surface area contributed by atoms with Crippen LogP contribution in [0.25, 0.3) is 0 Å². The minimum Gasteiger partial charge on any atom is -0.310 e. The highest BCUT2D eigenvalue weighted by atomic mass is 35.5. The van der Waals surface area contributed by atoms with E-state index in [0.717, 1.165) is 25.5 Å². The Morgan fingerprint density at radius 3 is 2.81 bits per heavy atom. The molecule has 1 N–H and O–H groups in total. The smallest absolute Gasteiger partial charge is 0.269 e. The summed E-state index contributed by atoms with van der Waals surface area (Å²) >= 11 is 0. The summed E-state index contributed by atoms with van der Waals surface area (Å²) < 4.78 is 13.4. The molecule has 0 aliphatic carbocycles. The van der Waals surface area contributed by atoms with E-state index in [0.29, 0.717) is 5.56 Å². The molecule has 1 saturated heterocycles. The topological polar surface area (TPSA) is 55.2 Å². The van der Waals surface area contributed by atoms with E-state index in [2.05, 4.69) is 5.32 Å². The zero-order valence-electron chi connectivity index (χ0n) is 8.48. The Labute approximate surface area is 98.4 Å². The van der Waals surface area contributed by atoms with Crippen LogP contribution in [0.3, 0.4) is 0 Å². The van der Waals surface area contributed by atoms with E-state index in [9.17, 15) is 14.5 Å². The van der Waals surface area contributed by atoms with Gasteiger partial charge in [0, 0.05) is 23.7 Å². The van der Waals surface area contributed by atoms with E-state index in [4.69, 9.17) is 0 Å². The molecule has 0 radical (unpaired) electrons. The van der Waals surface area contributed by atoms with Crippen LogP contribution < -0.4 is 5.32 Å². The molecule has 0 saturated carbocycles. The maximum atomic E-state index is 13.4. The van der Waals surface area contributed by atoms with E-state index in [-0.39, 0.29) is 30.0 Å². The summed E-state index contributed by atoms with van der Waals surface area (Å²) in [4.78, 5) is 10.0. The van der Waals surface area contributed by atoms with Gasteiger partial charge in [-0.15, -0.1) is 12.4 Å². The minimum atomic E-state index is -0.502. The lowest BCUT2D eigenvalue weighted by molar-refractivity contribution is -0.385. The molecule has 16 heavy (non-hydrogen) atoms. The fourth-order valence-electron chi connectivity index (χ4n) is 1.86. The van der Waals surface area contributed by atoms with Gasteiger partial charge >= 0.3 is 0 Å². The third-order valence-corrected chi connectivity index (χ3v) is 2.63. The van der Waals surface area contributed by atoms with Crippen molar-refractivity contribution in [2.75, 3.05) is 6.54 Å². The van der Waals surface area contributed by atoms with Gasteiger partial charge in [-0.1, -0.05) is 0 Å². The van der Waals surface area contributed by atoms with Crippen molar-refractivity contribution in [3.05, 3.63) is 39.7 Å². The Hall–Kier alpha value is -1.20. The van der Waals surface area contributed by atoms with Gasteiger partial charge in [0.2, 0.25) is 0 Å². The van der Waals surface area contributed by atoms with Gasteiger partial charge in [0.15, 0.2) is 0 Å². The van der Waals surface area contributed by atoms with Crippen LogP contribution in [0, 0.1) is 15.9 Å². The third kappa shape index (κ3) is 2.48. The Kier molecular flexibility index (Phi) is 4.20. The summed E-state index contributed by atoms with van der Waals surface area (Å²) in [6, 6.07) is 3.59. The van der Waals surface area contributed by atoms with Crippen molar-refractivity contribution in [3.8, 4) is 0 Å². The predicted molar refractivity (Wildman–Crippen MR) is 60.3 cm³/mol. The monoisotopic (exact) mass is 246 g/mol. The summed E-state index contributed by atoms with van der Waals surface area (Å²) in [5.41, 5.74) is 0.349. The van der Waals surface area contributed by atoms with E-state index < -0.39 is 4.92 Å². The van der Waals surface area contributed by atoms with Gasteiger partial charge in [-0.25, -0.2) is 4.39 Å². The lowest BCUT2D eigenvalue weighted by Gasteiger charge is -2.10. The number of nitro benzene ring substituents is 1. The lowest BCUT2D eigenvalue weighted by Crippen LogP contribution is -2.14. The first-order valence-electron chi connectivity index (χ1n) is 4.85. The second-order valence-corrected chi connectivity index (χ2v) is 3.61. The molecule has 1 aromatic carbocycles. The molecule has 0 amide bonds. The highest BCUT2D eigenvalue weighted by molar-refractivity contribution is 5.85. The molecular weight excluding hydrogens is 235 g/mol. The number of benzene rings is 1. The number of non-ortho nitro benzene ring substituents is 1. The average molecular weight is 247 g/mol. The molecule has 0 spiro atoms. The first-order chi connectivity index (χ1) is 7.18. The molecule has 6 heteroatoms. The maximum Gasteiger partial charge on any atom is 0.269 e. The Balaban J connectivity index is 0.00000128. The normalized spacial score (nSPS) is 19.2. The number of nitrogens with zero attached hydrogens (tertiary/aromatic N) is 1. The molecule has 0 unspecified atom stereocenters. The van der Waals surface area contributed by atoms with Crippen LogP contribution in [0.1, 0.15) is 24.4 Å². The Morgan fingerprint density at radius 2 is 2.25 bits per heavy atom. The van der Waals surface area contributed by atoms with Crippen LogP contribution in [-0.2, 0) is 0 Å². The van der Waals surface area contributed by atoms with Gasteiger partial charge in [0.1, 0.15) is 5.82 Å². The van der Waals surface area contributed by atoms with Crippen molar-refractivity contribution in [1.82, 2.24) is 5.32 Å². The van der Waals surface area contributed by atoms with Crippen molar-refractivity contribution in [3.63, 3.8) is 0 Å². The quantitative estimate of drug-likeness (QED) is 0.645. The number of hydrogen-bond donors (Lipinski definition) is 1. The van der Waals surface area contributed by atoms with E-state index in [1.165, 1.54) is 12.1 Å². The number of halogens is 2. The van der Waals surface area contributed by atoms with Crippen LogP contribution in [0.2, 0.25) is 0 Å². The highest BCUT2D eigenvalue weighted by Crippen LogP contribution is 2.28. The molecule has 1 aliphatic rings. The first-order valence-corrected chi connectivity index (χ1v) is 4.85.